The van der Waals surface area contributed by atoms with E-state index in [0.717, 1.165) is 31.1 Å². The summed E-state index contributed by atoms with van der Waals surface area (Å²) in [4.78, 5) is 2.50. The maximum Gasteiger partial charge on any atom is 0.141 e. The van der Waals surface area contributed by atoms with Crippen LogP contribution in [0.15, 0.2) is 18.2 Å². The van der Waals surface area contributed by atoms with Gasteiger partial charge in [-0.15, -0.1) is 0 Å². The van der Waals surface area contributed by atoms with Crippen LogP contribution in [0, 0.1) is 11.7 Å². The van der Waals surface area contributed by atoms with Gasteiger partial charge < -0.3 is 5.32 Å². The van der Waals surface area contributed by atoms with Crippen LogP contribution in [0.1, 0.15) is 45.2 Å². The van der Waals surface area contributed by atoms with Gasteiger partial charge in [0.15, 0.2) is 0 Å². The molecule has 2 nitrogen and oxygen atoms in total. The first kappa shape index (κ1) is 16.7. The molecule has 1 aromatic rings. The highest BCUT2D eigenvalue weighted by atomic mass is 35.5. The molecule has 1 aromatic carbocycles. The zero-order valence-corrected chi connectivity index (χ0v) is 14.0. The third-order valence-electron chi connectivity index (χ3n) is 4.51. The fourth-order valence-corrected chi connectivity index (χ4v) is 3.33. The van der Waals surface area contributed by atoms with Crippen molar-refractivity contribution in [3.05, 3.63) is 34.6 Å². The Morgan fingerprint density at radius 2 is 1.95 bits per heavy atom. The Bertz CT molecular complexity index is 458. The summed E-state index contributed by atoms with van der Waals surface area (Å²) in [7, 11) is 0. The minimum Gasteiger partial charge on any atom is -0.317 e. The molecule has 4 heteroatoms. The van der Waals surface area contributed by atoms with Crippen LogP contribution in [0.25, 0.3) is 0 Å². The molecule has 0 saturated carbocycles. The highest BCUT2D eigenvalue weighted by Gasteiger charge is 2.24. The van der Waals surface area contributed by atoms with Gasteiger partial charge in [0, 0.05) is 18.6 Å². The van der Waals surface area contributed by atoms with E-state index >= 15 is 0 Å². The second kappa shape index (κ2) is 7.57. The summed E-state index contributed by atoms with van der Waals surface area (Å²) in [5.41, 5.74) is 1.09. The maximum atomic E-state index is 13.3. The van der Waals surface area contributed by atoms with Crippen LogP contribution in [0.2, 0.25) is 5.02 Å². The highest BCUT2D eigenvalue weighted by molar-refractivity contribution is 6.30. The maximum absolute atomic E-state index is 13.3. The van der Waals surface area contributed by atoms with Crippen LogP contribution >= 0.6 is 11.6 Å². The van der Waals surface area contributed by atoms with E-state index < -0.39 is 0 Å². The summed E-state index contributed by atoms with van der Waals surface area (Å²) < 4.78 is 13.3. The first-order chi connectivity index (χ1) is 9.99. The normalized spacial score (nSPS) is 18.4. The summed E-state index contributed by atoms with van der Waals surface area (Å²) >= 11 is 5.93. The minimum absolute atomic E-state index is 0.213. The van der Waals surface area contributed by atoms with E-state index in [1.807, 2.05) is 6.07 Å². The molecule has 1 unspecified atom stereocenters. The number of hydrogen-bond acceptors (Lipinski definition) is 2. The lowest BCUT2D eigenvalue weighted by atomic mass is 9.95. The van der Waals surface area contributed by atoms with Crippen molar-refractivity contribution in [2.45, 2.75) is 45.7 Å². The molecular weight excluding hydrogens is 287 g/mol. The minimum atomic E-state index is -0.345. The summed E-state index contributed by atoms with van der Waals surface area (Å²) in [5, 5.41) is 3.63. The number of rotatable bonds is 5. The smallest absolute Gasteiger partial charge is 0.141 e. The first-order valence-corrected chi connectivity index (χ1v) is 8.28. The molecule has 21 heavy (non-hydrogen) atoms. The van der Waals surface area contributed by atoms with Gasteiger partial charge in [0.1, 0.15) is 5.82 Å². The molecule has 1 aliphatic heterocycles. The largest absolute Gasteiger partial charge is 0.317 e. The summed E-state index contributed by atoms with van der Waals surface area (Å²) in [6.07, 6.45) is 2.47. The summed E-state index contributed by atoms with van der Waals surface area (Å²) in [6, 6.07) is 5.79. The summed E-state index contributed by atoms with van der Waals surface area (Å²) in [6.45, 7) is 9.96. The number of hydrogen-bond donors (Lipinski definition) is 1. The molecule has 0 aromatic heterocycles. The van der Waals surface area contributed by atoms with E-state index in [-0.39, 0.29) is 16.9 Å². The van der Waals surface area contributed by atoms with Gasteiger partial charge in [-0.25, -0.2) is 4.39 Å². The number of nitrogens with one attached hydrogen (secondary N) is 1. The highest BCUT2D eigenvalue weighted by Crippen LogP contribution is 2.28. The molecule has 0 bridgehead atoms. The van der Waals surface area contributed by atoms with Crippen molar-refractivity contribution >= 4 is 11.6 Å². The Kier molecular flexibility index (Phi) is 6.03. The second-order valence-electron chi connectivity index (χ2n) is 6.33. The fraction of sp³-hybridized carbons (Fsp3) is 0.647. The molecule has 1 N–H and O–H groups in total. The van der Waals surface area contributed by atoms with E-state index in [1.165, 1.54) is 18.9 Å². The van der Waals surface area contributed by atoms with Gasteiger partial charge in [0.25, 0.3) is 0 Å². The van der Waals surface area contributed by atoms with Crippen molar-refractivity contribution in [2.75, 3.05) is 19.6 Å². The number of halogens is 2. The van der Waals surface area contributed by atoms with Crippen molar-refractivity contribution in [1.82, 2.24) is 10.2 Å². The molecular formula is C17H26ClFN2. The SMILES string of the molecule is CC(C)N(CC1CCNCC1)C(C)c1ccc(F)c(Cl)c1. The van der Waals surface area contributed by atoms with Crippen LogP contribution in [-0.4, -0.2) is 30.6 Å². The lowest BCUT2D eigenvalue weighted by Crippen LogP contribution is -2.40. The Morgan fingerprint density at radius 3 is 2.52 bits per heavy atom. The standard InChI is InChI=1S/C17H26ClFN2/c1-12(2)21(11-14-6-8-20-9-7-14)13(3)15-4-5-17(19)16(18)10-15/h4-5,10,12-14,20H,6-9,11H2,1-3H3. The van der Waals surface area contributed by atoms with Crippen LogP contribution in [0.3, 0.4) is 0 Å². The van der Waals surface area contributed by atoms with Gasteiger partial charge in [-0.2, -0.15) is 0 Å². The Hall–Kier alpha value is -0.640. The van der Waals surface area contributed by atoms with Crippen molar-refractivity contribution in [3.8, 4) is 0 Å². The Labute approximate surface area is 132 Å². The first-order valence-electron chi connectivity index (χ1n) is 7.90. The molecule has 1 aliphatic rings. The molecule has 2 rings (SSSR count). The molecule has 0 aliphatic carbocycles. The molecule has 1 saturated heterocycles. The zero-order chi connectivity index (χ0) is 15.4. The molecule has 0 radical (unpaired) electrons. The molecule has 0 amide bonds. The second-order valence-corrected chi connectivity index (χ2v) is 6.74. The Balaban J connectivity index is 2.10. The topological polar surface area (TPSA) is 15.3 Å². The van der Waals surface area contributed by atoms with Crippen LogP contribution < -0.4 is 5.32 Å². The van der Waals surface area contributed by atoms with E-state index in [2.05, 4.69) is 31.0 Å². The third-order valence-corrected chi connectivity index (χ3v) is 4.80. The van der Waals surface area contributed by atoms with Gasteiger partial charge in [-0.3, -0.25) is 4.90 Å². The summed E-state index contributed by atoms with van der Waals surface area (Å²) in [5.74, 6) is 0.397. The lowest BCUT2D eigenvalue weighted by Gasteiger charge is -2.37. The fourth-order valence-electron chi connectivity index (χ4n) is 3.14. The zero-order valence-electron chi connectivity index (χ0n) is 13.2. The van der Waals surface area contributed by atoms with Gasteiger partial charge in [0.2, 0.25) is 0 Å². The van der Waals surface area contributed by atoms with E-state index in [1.54, 1.807) is 6.07 Å². The molecule has 118 valence electrons. The molecule has 1 heterocycles. The van der Waals surface area contributed by atoms with Crippen molar-refractivity contribution in [1.29, 1.82) is 0 Å². The van der Waals surface area contributed by atoms with Crippen molar-refractivity contribution in [2.24, 2.45) is 5.92 Å². The quantitative estimate of drug-likeness (QED) is 0.874. The number of piperidine rings is 1. The average Bonchev–Trinajstić information content (AvgIpc) is 2.47. The van der Waals surface area contributed by atoms with Crippen LogP contribution in [0.5, 0.6) is 0 Å². The van der Waals surface area contributed by atoms with Gasteiger partial charge in [-0.1, -0.05) is 17.7 Å². The number of benzene rings is 1. The molecule has 0 spiro atoms. The van der Waals surface area contributed by atoms with Crippen molar-refractivity contribution < 1.29 is 4.39 Å². The van der Waals surface area contributed by atoms with Gasteiger partial charge >= 0.3 is 0 Å². The van der Waals surface area contributed by atoms with Crippen LogP contribution in [-0.2, 0) is 0 Å². The number of nitrogens with zero attached hydrogens (tertiary/aromatic N) is 1. The van der Waals surface area contributed by atoms with E-state index in [9.17, 15) is 4.39 Å². The predicted molar refractivity (Wildman–Crippen MR) is 87.3 cm³/mol. The average molecular weight is 313 g/mol. The molecule has 1 fully saturated rings. The molecule has 1 atom stereocenters. The van der Waals surface area contributed by atoms with Crippen molar-refractivity contribution in [3.63, 3.8) is 0 Å². The van der Waals surface area contributed by atoms with E-state index in [4.69, 9.17) is 11.6 Å². The van der Waals surface area contributed by atoms with E-state index in [0.29, 0.717) is 6.04 Å². The predicted octanol–water partition coefficient (Wildman–Crippen LogP) is 4.25. The van der Waals surface area contributed by atoms with Gasteiger partial charge in [-0.05, 0) is 70.3 Å². The van der Waals surface area contributed by atoms with Gasteiger partial charge in [0.05, 0.1) is 5.02 Å². The Morgan fingerprint density at radius 1 is 1.29 bits per heavy atom. The lowest BCUT2D eigenvalue weighted by molar-refractivity contribution is 0.125. The van der Waals surface area contributed by atoms with Crippen LogP contribution in [0.4, 0.5) is 4.39 Å². The third kappa shape index (κ3) is 4.41. The monoisotopic (exact) mass is 312 g/mol.